The van der Waals surface area contributed by atoms with E-state index in [0.717, 1.165) is 29.8 Å². The zero-order valence-electron chi connectivity index (χ0n) is 7.26. The Labute approximate surface area is 81.9 Å². The molecule has 0 aliphatic carbocycles. The van der Waals surface area contributed by atoms with Crippen molar-refractivity contribution in [3.05, 3.63) is 30.1 Å². The molecule has 0 saturated carbocycles. The lowest BCUT2D eigenvalue weighted by Gasteiger charge is -1.98. The number of aromatic nitrogens is 2. The van der Waals surface area contributed by atoms with E-state index in [1.807, 2.05) is 6.07 Å². The molecular formula is C10H11ClN2. The summed E-state index contributed by atoms with van der Waals surface area (Å²) in [6.07, 6.45) is 3.79. The number of fused-ring (bicyclic) bond motifs is 1. The molecular weight excluding hydrogens is 184 g/mol. The Morgan fingerprint density at radius 1 is 1.38 bits per heavy atom. The molecule has 13 heavy (non-hydrogen) atoms. The maximum atomic E-state index is 5.63. The monoisotopic (exact) mass is 194 g/mol. The summed E-state index contributed by atoms with van der Waals surface area (Å²) >= 11 is 5.63. The van der Waals surface area contributed by atoms with Crippen molar-refractivity contribution in [1.29, 1.82) is 0 Å². The van der Waals surface area contributed by atoms with Gasteiger partial charge in [0.25, 0.3) is 0 Å². The minimum atomic E-state index is 0.723. The Kier molecular flexibility index (Phi) is 2.50. The molecule has 0 spiro atoms. The molecule has 3 heteroatoms. The van der Waals surface area contributed by atoms with Crippen molar-refractivity contribution in [2.24, 2.45) is 0 Å². The zero-order chi connectivity index (χ0) is 9.10. The highest BCUT2D eigenvalue weighted by Crippen LogP contribution is 2.12. The van der Waals surface area contributed by atoms with Gasteiger partial charge in [0.05, 0.1) is 17.4 Å². The second-order valence-electron chi connectivity index (χ2n) is 3.05. The molecule has 1 N–H and O–H groups in total. The zero-order valence-corrected chi connectivity index (χ0v) is 8.01. The van der Waals surface area contributed by atoms with E-state index in [-0.39, 0.29) is 0 Å². The van der Waals surface area contributed by atoms with Gasteiger partial charge in [0, 0.05) is 5.88 Å². The van der Waals surface area contributed by atoms with Crippen molar-refractivity contribution in [2.45, 2.75) is 12.8 Å². The van der Waals surface area contributed by atoms with Crippen LogP contribution in [0.2, 0.25) is 0 Å². The van der Waals surface area contributed by atoms with Crippen LogP contribution in [0.15, 0.2) is 24.5 Å². The van der Waals surface area contributed by atoms with Crippen molar-refractivity contribution in [2.75, 3.05) is 5.88 Å². The lowest BCUT2D eigenvalue weighted by molar-refractivity contribution is 0.930. The topological polar surface area (TPSA) is 28.7 Å². The van der Waals surface area contributed by atoms with Crippen molar-refractivity contribution >= 4 is 22.6 Å². The van der Waals surface area contributed by atoms with Crippen LogP contribution in [0.3, 0.4) is 0 Å². The Morgan fingerprint density at radius 2 is 2.31 bits per heavy atom. The predicted octanol–water partition coefficient (Wildman–Crippen LogP) is 2.73. The summed E-state index contributed by atoms with van der Waals surface area (Å²) in [6.45, 7) is 0. The van der Waals surface area contributed by atoms with Crippen LogP contribution in [0.1, 0.15) is 12.0 Å². The van der Waals surface area contributed by atoms with Gasteiger partial charge in [-0.05, 0) is 30.5 Å². The largest absolute Gasteiger partial charge is 0.345 e. The third-order valence-electron chi connectivity index (χ3n) is 2.08. The molecule has 68 valence electrons. The highest BCUT2D eigenvalue weighted by Gasteiger charge is 1.97. The average Bonchev–Trinajstić information content (AvgIpc) is 2.61. The molecule has 1 aromatic carbocycles. The van der Waals surface area contributed by atoms with Gasteiger partial charge in [-0.1, -0.05) is 6.07 Å². The predicted molar refractivity (Wildman–Crippen MR) is 55.1 cm³/mol. The molecule has 2 rings (SSSR count). The number of H-pyrrole nitrogens is 1. The number of nitrogens with one attached hydrogen (secondary N) is 1. The highest BCUT2D eigenvalue weighted by molar-refractivity contribution is 6.17. The van der Waals surface area contributed by atoms with Gasteiger partial charge in [-0.3, -0.25) is 0 Å². The third kappa shape index (κ3) is 1.83. The minimum Gasteiger partial charge on any atom is -0.345 e. The Balaban J connectivity index is 2.26. The lowest BCUT2D eigenvalue weighted by atomic mass is 10.1. The van der Waals surface area contributed by atoms with Crippen LogP contribution in [-0.4, -0.2) is 15.8 Å². The van der Waals surface area contributed by atoms with Gasteiger partial charge in [0.2, 0.25) is 0 Å². The van der Waals surface area contributed by atoms with Gasteiger partial charge in [-0.2, -0.15) is 0 Å². The first-order valence-electron chi connectivity index (χ1n) is 4.38. The van der Waals surface area contributed by atoms with Crippen LogP contribution < -0.4 is 0 Å². The SMILES string of the molecule is ClCCCc1ccc2nc[nH]c2c1. The Hall–Kier alpha value is -1.02. The number of halogens is 1. The minimum absolute atomic E-state index is 0.723. The maximum absolute atomic E-state index is 5.63. The molecule has 0 unspecified atom stereocenters. The van der Waals surface area contributed by atoms with Crippen molar-refractivity contribution < 1.29 is 0 Å². The fraction of sp³-hybridized carbons (Fsp3) is 0.300. The third-order valence-corrected chi connectivity index (χ3v) is 2.35. The molecule has 1 aromatic heterocycles. The van der Waals surface area contributed by atoms with Crippen LogP contribution in [0.25, 0.3) is 11.0 Å². The van der Waals surface area contributed by atoms with Crippen LogP contribution in [0.4, 0.5) is 0 Å². The summed E-state index contributed by atoms with van der Waals surface area (Å²) in [6, 6.07) is 6.28. The van der Waals surface area contributed by atoms with E-state index in [0.29, 0.717) is 0 Å². The molecule has 2 nitrogen and oxygen atoms in total. The number of aryl methyl sites for hydroxylation is 1. The fourth-order valence-electron chi connectivity index (χ4n) is 1.41. The summed E-state index contributed by atoms with van der Waals surface area (Å²) in [4.78, 5) is 7.25. The van der Waals surface area contributed by atoms with Crippen LogP contribution in [0, 0.1) is 0 Å². The van der Waals surface area contributed by atoms with Gasteiger partial charge >= 0.3 is 0 Å². The first-order valence-corrected chi connectivity index (χ1v) is 4.91. The Bertz CT molecular complexity index is 394. The van der Waals surface area contributed by atoms with Crippen molar-refractivity contribution in [1.82, 2.24) is 9.97 Å². The maximum Gasteiger partial charge on any atom is 0.0931 e. The molecule has 0 aliphatic heterocycles. The standard InChI is InChI=1S/C10H11ClN2/c11-5-1-2-8-3-4-9-10(6-8)13-7-12-9/h3-4,6-7H,1-2,5H2,(H,12,13). The van der Waals surface area contributed by atoms with Gasteiger partial charge < -0.3 is 4.98 Å². The number of benzene rings is 1. The van der Waals surface area contributed by atoms with Crippen LogP contribution in [-0.2, 0) is 6.42 Å². The van der Waals surface area contributed by atoms with Gasteiger partial charge in [0.1, 0.15) is 0 Å². The average molecular weight is 195 g/mol. The summed E-state index contributed by atoms with van der Waals surface area (Å²) in [5, 5.41) is 0. The summed E-state index contributed by atoms with van der Waals surface area (Å²) < 4.78 is 0. The summed E-state index contributed by atoms with van der Waals surface area (Å²) in [5.41, 5.74) is 3.44. The van der Waals surface area contributed by atoms with E-state index in [1.165, 1.54) is 5.56 Å². The second-order valence-corrected chi connectivity index (χ2v) is 3.42. The molecule has 2 aromatic rings. The molecule has 1 heterocycles. The van der Waals surface area contributed by atoms with Gasteiger partial charge in [0.15, 0.2) is 0 Å². The van der Waals surface area contributed by atoms with Crippen LogP contribution in [0.5, 0.6) is 0 Å². The normalized spacial score (nSPS) is 10.8. The molecule has 0 atom stereocenters. The number of hydrogen-bond donors (Lipinski definition) is 1. The molecule has 0 aliphatic rings. The quantitative estimate of drug-likeness (QED) is 0.748. The number of nitrogens with zero attached hydrogens (tertiary/aromatic N) is 1. The molecule has 0 fully saturated rings. The summed E-state index contributed by atoms with van der Waals surface area (Å²) in [7, 11) is 0. The van der Waals surface area contributed by atoms with E-state index in [9.17, 15) is 0 Å². The number of rotatable bonds is 3. The number of hydrogen-bond acceptors (Lipinski definition) is 1. The molecule has 0 radical (unpaired) electrons. The molecule has 0 bridgehead atoms. The van der Waals surface area contributed by atoms with Crippen molar-refractivity contribution in [3.63, 3.8) is 0 Å². The van der Waals surface area contributed by atoms with Gasteiger partial charge in [-0.25, -0.2) is 4.98 Å². The van der Waals surface area contributed by atoms with E-state index >= 15 is 0 Å². The molecule has 0 amide bonds. The fourth-order valence-corrected chi connectivity index (χ4v) is 1.54. The van der Waals surface area contributed by atoms with Crippen molar-refractivity contribution in [3.8, 4) is 0 Å². The van der Waals surface area contributed by atoms with Gasteiger partial charge in [-0.15, -0.1) is 11.6 Å². The first-order chi connectivity index (χ1) is 6.40. The smallest absolute Gasteiger partial charge is 0.0931 e. The van der Waals surface area contributed by atoms with E-state index in [4.69, 9.17) is 11.6 Å². The van der Waals surface area contributed by atoms with Crippen LogP contribution >= 0.6 is 11.6 Å². The highest BCUT2D eigenvalue weighted by atomic mass is 35.5. The van der Waals surface area contributed by atoms with E-state index < -0.39 is 0 Å². The number of alkyl halides is 1. The second kappa shape index (κ2) is 3.79. The number of aromatic amines is 1. The first kappa shape index (κ1) is 8.57. The van der Waals surface area contributed by atoms with E-state index in [2.05, 4.69) is 22.1 Å². The summed E-state index contributed by atoms with van der Waals surface area (Å²) in [5.74, 6) is 0.723. The molecule has 0 saturated heterocycles. The number of imidazole rings is 1. The van der Waals surface area contributed by atoms with E-state index in [1.54, 1.807) is 6.33 Å². The lowest BCUT2D eigenvalue weighted by Crippen LogP contribution is -1.85. The Morgan fingerprint density at radius 3 is 3.15 bits per heavy atom.